The number of nitrogens with one attached hydrogen (secondary N) is 1. The molecular formula is C20H28N6O. The van der Waals surface area contributed by atoms with Crippen LogP contribution in [0.2, 0.25) is 0 Å². The van der Waals surface area contributed by atoms with Crippen molar-refractivity contribution in [3.63, 3.8) is 0 Å². The highest BCUT2D eigenvalue weighted by Gasteiger charge is 2.20. The fourth-order valence-electron chi connectivity index (χ4n) is 4.05. The molecule has 0 radical (unpaired) electrons. The van der Waals surface area contributed by atoms with E-state index in [1.54, 1.807) is 6.20 Å². The molecule has 4 heterocycles. The summed E-state index contributed by atoms with van der Waals surface area (Å²) in [7, 11) is 0. The number of aryl methyl sites for hydroxylation is 1. The number of anilines is 1. The maximum atomic E-state index is 12.8. The van der Waals surface area contributed by atoms with Crippen LogP contribution in [0.3, 0.4) is 0 Å². The molecule has 2 aliphatic rings. The summed E-state index contributed by atoms with van der Waals surface area (Å²) in [6.07, 6.45) is 10.7. The number of carbonyl (C=O) groups is 1. The second-order valence-electron chi connectivity index (χ2n) is 7.42. The first kappa shape index (κ1) is 17.9. The lowest BCUT2D eigenvalue weighted by molar-refractivity contribution is 0.0954. The number of hydrogen-bond donors (Lipinski definition) is 1. The van der Waals surface area contributed by atoms with Crippen molar-refractivity contribution in [3.8, 4) is 0 Å². The van der Waals surface area contributed by atoms with Gasteiger partial charge in [-0.05, 0) is 44.2 Å². The van der Waals surface area contributed by atoms with Crippen LogP contribution in [0.4, 0.5) is 5.82 Å². The Bertz CT molecular complexity index is 781. The normalized spacial score (nSPS) is 17.3. The summed E-state index contributed by atoms with van der Waals surface area (Å²) in [5.74, 6) is 2.83. The zero-order valence-corrected chi connectivity index (χ0v) is 15.9. The maximum absolute atomic E-state index is 12.8. The number of nitrogens with zero attached hydrogens (tertiary/aromatic N) is 5. The van der Waals surface area contributed by atoms with Crippen LogP contribution in [0.15, 0.2) is 18.3 Å². The Balaban J connectivity index is 1.38. The molecule has 7 nitrogen and oxygen atoms in total. The Hall–Kier alpha value is -2.44. The molecule has 0 aromatic carbocycles. The van der Waals surface area contributed by atoms with E-state index in [2.05, 4.69) is 30.0 Å². The van der Waals surface area contributed by atoms with Crippen LogP contribution in [-0.2, 0) is 19.4 Å². The first-order valence-corrected chi connectivity index (χ1v) is 10.2. The number of aromatic nitrogens is 4. The van der Waals surface area contributed by atoms with Gasteiger partial charge in [0.25, 0.3) is 5.91 Å². The van der Waals surface area contributed by atoms with Crippen molar-refractivity contribution in [2.75, 3.05) is 24.5 Å². The summed E-state index contributed by atoms with van der Waals surface area (Å²) in [4.78, 5) is 19.5. The third kappa shape index (κ3) is 4.12. The van der Waals surface area contributed by atoms with Gasteiger partial charge in [-0.1, -0.05) is 6.42 Å². The van der Waals surface area contributed by atoms with Gasteiger partial charge in [-0.2, -0.15) is 0 Å². The molecule has 144 valence electrons. The molecule has 0 atom stereocenters. The lowest BCUT2D eigenvalue weighted by atomic mass is 10.1. The minimum atomic E-state index is -0.0562. The number of carbonyl (C=O) groups excluding carboxylic acids is 1. The second-order valence-corrected chi connectivity index (χ2v) is 7.42. The number of pyridine rings is 1. The summed E-state index contributed by atoms with van der Waals surface area (Å²) in [6.45, 7) is 3.50. The zero-order valence-electron chi connectivity index (χ0n) is 15.9. The van der Waals surface area contributed by atoms with Gasteiger partial charge >= 0.3 is 0 Å². The van der Waals surface area contributed by atoms with Crippen molar-refractivity contribution < 1.29 is 4.79 Å². The first-order valence-electron chi connectivity index (χ1n) is 10.2. The van der Waals surface area contributed by atoms with E-state index in [-0.39, 0.29) is 5.91 Å². The average molecular weight is 368 g/mol. The minimum absolute atomic E-state index is 0.0562. The van der Waals surface area contributed by atoms with E-state index < -0.39 is 0 Å². The molecule has 1 N–H and O–H groups in total. The quantitative estimate of drug-likeness (QED) is 0.877. The number of rotatable bonds is 5. The minimum Gasteiger partial charge on any atom is -0.356 e. The van der Waals surface area contributed by atoms with Crippen molar-refractivity contribution in [3.05, 3.63) is 35.5 Å². The molecule has 0 saturated carbocycles. The molecule has 4 rings (SSSR count). The van der Waals surface area contributed by atoms with Gasteiger partial charge in [0.05, 0.1) is 5.56 Å². The highest BCUT2D eigenvalue weighted by Crippen LogP contribution is 2.21. The van der Waals surface area contributed by atoms with E-state index in [1.165, 1.54) is 25.7 Å². The Morgan fingerprint density at radius 1 is 1.04 bits per heavy atom. The van der Waals surface area contributed by atoms with Gasteiger partial charge in [0.2, 0.25) is 0 Å². The van der Waals surface area contributed by atoms with Gasteiger partial charge in [-0.25, -0.2) is 4.98 Å². The number of piperidine rings is 1. The highest BCUT2D eigenvalue weighted by molar-refractivity contribution is 5.98. The Labute approximate surface area is 160 Å². The average Bonchev–Trinajstić information content (AvgIpc) is 2.95. The number of hydrogen-bond acceptors (Lipinski definition) is 5. The van der Waals surface area contributed by atoms with Crippen molar-refractivity contribution in [1.82, 2.24) is 25.1 Å². The van der Waals surface area contributed by atoms with Gasteiger partial charge in [-0.3, -0.25) is 4.79 Å². The zero-order chi connectivity index (χ0) is 18.5. The summed E-state index contributed by atoms with van der Waals surface area (Å²) in [5, 5.41) is 11.7. The molecular weight excluding hydrogens is 340 g/mol. The molecule has 0 spiro atoms. The lowest BCUT2D eigenvalue weighted by Crippen LogP contribution is -2.34. The predicted molar refractivity (Wildman–Crippen MR) is 104 cm³/mol. The van der Waals surface area contributed by atoms with Gasteiger partial charge in [0.15, 0.2) is 0 Å². The smallest absolute Gasteiger partial charge is 0.255 e. The monoisotopic (exact) mass is 368 g/mol. The molecule has 2 aromatic heterocycles. The largest absolute Gasteiger partial charge is 0.356 e. The van der Waals surface area contributed by atoms with Crippen LogP contribution in [0, 0.1) is 0 Å². The molecule has 2 aliphatic heterocycles. The summed E-state index contributed by atoms with van der Waals surface area (Å²) in [5.41, 5.74) is 0.666. The molecule has 0 bridgehead atoms. The molecule has 1 saturated heterocycles. The van der Waals surface area contributed by atoms with Crippen LogP contribution >= 0.6 is 0 Å². The van der Waals surface area contributed by atoms with Crippen molar-refractivity contribution >= 4 is 11.7 Å². The van der Waals surface area contributed by atoms with Gasteiger partial charge in [-0.15, -0.1) is 10.2 Å². The van der Waals surface area contributed by atoms with Crippen molar-refractivity contribution in [2.45, 2.75) is 57.9 Å². The third-order valence-corrected chi connectivity index (χ3v) is 5.51. The molecule has 27 heavy (non-hydrogen) atoms. The summed E-state index contributed by atoms with van der Waals surface area (Å²) >= 11 is 0. The van der Waals surface area contributed by atoms with E-state index in [0.717, 1.165) is 56.4 Å². The molecule has 2 aromatic rings. The van der Waals surface area contributed by atoms with Gasteiger partial charge < -0.3 is 14.8 Å². The molecule has 1 amide bonds. The summed E-state index contributed by atoms with van der Waals surface area (Å²) < 4.78 is 2.24. The fraction of sp³-hybridized carbons (Fsp3) is 0.600. The first-order chi connectivity index (χ1) is 13.3. The predicted octanol–water partition coefficient (Wildman–Crippen LogP) is 2.36. The lowest BCUT2D eigenvalue weighted by Gasteiger charge is -2.29. The number of amides is 1. The van der Waals surface area contributed by atoms with Crippen LogP contribution in [0.5, 0.6) is 0 Å². The standard InChI is InChI=1S/C20H28N6O/c27-20(16-8-7-11-21-19(16)25-13-4-2-5-14-25)22-12-10-18-24-23-17-9-3-1-6-15-26(17)18/h7-8,11H,1-6,9-10,12-15H2,(H,22,27). The second kappa shape index (κ2) is 8.50. The van der Waals surface area contributed by atoms with E-state index in [9.17, 15) is 4.79 Å². The Morgan fingerprint density at radius 2 is 1.85 bits per heavy atom. The van der Waals surface area contributed by atoms with E-state index >= 15 is 0 Å². The van der Waals surface area contributed by atoms with E-state index in [1.807, 2.05) is 12.1 Å². The number of fused-ring (bicyclic) bond motifs is 1. The fourth-order valence-corrected chi connectivity index (χ4v) is 4.05. The Kier molecular flexibility index (Phi) is 5.65. The van der Waals surface area contributed by atoms with E-state index in [0.29, 0.717) is 18.5 Å². The van der Waals surface area contributed by atoms with Crippen LogP contribution < -0.4 is 10.2 Å². The topological polar surface area (TPSA) is 75.9 Å². The van der Waals surface area contributed by atoms with Crippen LogP contribution in [-0.4, -0.2) is 45.3 Å². The van der Waals surface area contributed by atoms with Crippen LogP contribution in [0.1, 0.15) is 60.5 Å². The molecule has 0 unspecified atom stereocenters. The van der Waals surface area contributed by atoms with Crippen LogP contribution in [0.25, 0.3) is 0 Å². The molecule has 1 fully saturated rings. The van der Waals surface area contributed by atoms with Gasteiger partial charge in [0.1, 0.15) is 17.5 Å². The molecule has 0 aliphatic carbocycles. The van der Waals surface area contributed by atoms with Crippen molar-refractivity contribution in [2.24, 2.45) is 0 Å². The van der Waals surface area contributed by atoms with Crippen molar-refractivity contribution in [1.29, 1.82) is 0 Å². The van der Waals surface area contributed by atoms with E-state index in [4.69, 9.17) is 0 Å². The maximum Gasteiger partial charge on any atom is 0.255 e. The third-order valence-electron chi connectivity index (χ3n) is 5.51. The van der Waals surface area contributed by atoms with Gasteiger partial charge in [0, 0.05) is 45.2 Å². The Morgan fingerprint density at radius 3 is 2.74 bits per heavy atom. The highest BCUT2D eigenvalue weighted by atomic mass is 16.1. The SMILES string of the molecule is O=C(NCCc1nnc2n1CCCCC2)c1cccnc1N1CCCCC1. The molecule has 7 heteroatoms. The summed E-state index contributed by atoms with van der Waals surface area (Å²) in [6, 6.07) is 3.70.